The van der Waals surface area contributed by atoms with Crippen LogP contribution in [0.2, 0.25) is 0 Å². The van der Waals surface area contributed by atoms with Crippen molar-refractivity contribution in [1.29, 1.82) is 0 Å². The number of ether oxygens (including phenoxy) is 1. The van der Waals surface area contributed by atoms with Crippen LogP contribution < -0.4 is 0 Å². The Kier molecular flexibility index (Phi) is 7.59. The van der Waals surface area contributed by atoms with Crippen molar-refractivity contribution in [3.8, 4) is 0 Å². The molecule has 0 aromatic carbocycles. The van der Waals surface area contributed by atoms with Gasteiger partial charge in [0.2, 0.25) is 0 Å². The fraction of sp³-hybridized carbons (Fsp3) is 0.800. The van der Waals surface area contributed by atoms with Crippen LogP contribution in [-0.4, -0.2) is 13.2 Å². The van der Waals surface area contributed by atoms with Crippen LogP contribution in [0, 0.1) is 0 Å². The summed E-state index contributed by atoms with van der Waals surface area (Å²) in [4.78, 5) is 0. The lowest BCUT2D eigenvalue weighted by atomic mass is 10.1. The lowest BCUT2D eigenvalue weighted by Gasteiger charge is -2.11. The molecule has 0 bridgehead atoms. The number of unbranched alkanes of at least 4 members (excludes halogenated alkanes) is 2. The Morgan fingerprint density at radius 3 is 2.64 bits per heavy atom. The Hall–Kier alpha value is -0.300. The molecule has 1 nitrogen and oxygen atoms in total. The van der Waals surface area contributed by atoms with Gasteiger partial charge < -0.3 is 4.74 Å². The first-order valence-corrected chi connectivity index (χ1v) is 4.48. The number of hydrogen-bond acceptors (Lipinski definition) is 1. The zero-order valence-corrected chi connectivity index (χ0v) is 7.81. The molecule has 0 N–H and O–H groups in total. The molecule has 66 valence electrons. The fourth-order valence-corrected chi connectivity index (χ4v) is 1.14. The van der Waals surface area contributed by atoms with E-state index in [9.17, 15) is 0 Å². The molecule has 0 aliphatic rings. The largest absolute Gasteiger partial charge is 0.381 e. The monoisotopic (exact) mass is 156 g/mol. The van der Waals surface area contributed by atoms with Crippen LogP contribution in [0.4, 0.5) is 0 Å². The molecule has 0 aliphatic heterocycles. The molecule has 0 heterocycles. The SMILES string of the molecule is C=CC[C@H](CCCCC)OC. The van der Waals surface area contributed by atoms with Crippen molar-refractivity contribution in [3.05, 3.63) is 12.7 Å². The highest BCUT2D eigenvalue weighted by Gasteiger charge is 2.02. The third-order valence-electron chi connectivity index (χ3n) is 1.89. The molecule has 0 unspecified atom stereocenters. The van der Waals surface area contributed by atoms with E-state index in [1.807, 2.05) is 6.08 Å². The van der Waals surface area contributed by atoms with Gasteiger partial charge in [0.25, 0.3) is 0 Å². The summed E-state index contributed by atoms with van der Waals surface area (Å²) in [5.41, 5.74) is 0. The Bertz CT molecular complexity index is 88.9. The third-order valence-corrected chi connectivity index (χ3v) is 1.89. The Morgan fingerprint density at radius 1 is 1.45 bits per heavy atom. The molecule has 0 radical (unpaired) electrons. The standard InChI is InChI=1S/C10H20O/c1-4-6-7-9-10(11-3)8-5-2/h5,10H,2,4,6-9H2,1,3H3/t10-/m1/s1. The summed E-state index contributed by atoms with van der Waals surface area (Å²) < 4.78 is 5.27. The van der Waals surface area contributed by atoms with Crippen LogP contribution >= 0.6 is 0 Å². The molecular formula is C10H20O. The van der Waals surface area contributed by atoms with Gasteiger partial charge in [-0.05, 0) is 12.8 Å². The third kappa shape index (κ3) is 6.11. The minimum atomic E-state index is 0.402. The number of rotatable bonds is 7. The highest BCUT2D eigenvalue weighted by atomic mass is 16.5. The quantitative estimate of drug-likeness (QED) is 0.406. The van der Waals surface area contributed by atoms with Gasteiger partial charge in [-0.15, -0.1) is 6.58 Å². The van der Waals surface area contributed by atoms with E-state index in [-0.39, 0.29) is 0 Å². The highest BCUT2D eigenvalue weighted by molar-refractivity contribution is 4.73. The summed E-state index contributed by atoms with van der Waals surface area (Å²) in [5, 5.41) is 0. The van der Waals surface area contributed by atoms with Crippen LogP contribution in [0.15, 0.2) is 12.7 Å². The molecule has 0 rings (SSSR count). The summed E-state index contributed by atoms with van der Waals surface area (Å²) >= 11 is 0. The van der Waals surface area contributed by atoms with Crippen LogP contribution in [0.3, 0.4) is 0 Å². The second-order valence-electron chi connectivity index (χ2n) is 2.88. The molecule has 0 aliphatic carbocycles. The van der Waals surface area contributed by atoms with Gasteiger partial charge in [0.1, 0.15) is 0 Å². The van der Waals surface area contributed by atoms with E-state index in [0.29, 0.717) is 6.10 Å². The van der Waals surface area contributed by atoms with Gasteiger partial charge in [0.05, 0.1) is 6.10 Å². The van der Waals surface area contributed by atoms with Crippen LogP contribution in [0.25, 0.3) is 0 Å². The van der Waals surface area contributed by atoms with E-state index in [0.717, 1.165) is 6.42 Å². The lowest BCUT2D eigenvalue weighted by molar-refractivity contribution is 0.0954. The molecule has 0 spiro atoms. The molecule has 0 saturated heterocycles. The fourth-order valence-electron chi connectivity index (χ4n) is 1.14. The number of hydrogen-bond donors (Lipinski definition) is 0. The Morgan fingerprint density at radius 2 is 2.18 bits per heavy atom. The molecule has 0 aromatic rings. The molecule has 1 heteroatoms. The first-order valence-electron chi connectivity index (χ1n) is 4.48. The first kappa shape index (κ1) is 10.7. The van der Waals surface area contributed by atoms with Crippen molar-refractivity contribution in [2.24, 2.45) is 0 Å². The summed E-state index contributed by atoms with van der Waals surface area (Å²) in [7, 11) is 1.78. The molecular weight excluding hydrogens is 136 g/mol. The normalized spacial score (nSPS) is 12.9. The van der Waals surface area contributed by atoms with E-state index in [1.54, 1.807) is 7.11 Å². The average molecular weight is 156 g/mol. The second-order valence-corrected chi connectivity index (χ2v) is 2.88. The second kappa shape index (κ2) is 7.80. The molecule has 11 heavy (non-hydrogen) atoms. The molecule has 0 saturated carbocycles. The summed E-state index contributed by atoms with van der Waals surface area (Å²) in [5.74, 6) is 0. The van der Waals surface area contributed by atoms with Gasteiger partial charge in [0, 0.05) is 7.11 Å². The Labute approximate surface area is 70.4 Å². The van der Waals surface area contributed by atoms with E-state index in [2.05, 4.69) is 13.5 Å². The van der Waals surface area contributed by atoms with Gasteiger partial charge >= 0.3 is 0 Å². The van der Waals surface area contributed by atoms with E-state index < -0.39 is 0 Å². The summed E-state index contributed by atoms with van der Waals surface area (Å²) in [6.45, 7) is 5.91. The molecule has 1 atom stereocenters. The molecule has 0 fully saturated rings. The maximum Gasteiger partial charge on any atom is 0.0605 e. The van der Waals surface area contributed by atoms with Crippen molar-refractivity contribution < 1.29 is 4.74 Å². The van der Waals surface area contributed by atoms with Crippen molar-refractivity contribution >= 4 is 0 Å². The Balaban J connectivity index is 3.27. The maximum absolute atomic E-state index is 5.27. The zero-order chi connectivity index (χ0) is 8.53. The number of methoxy groups -OCH3 is 1. The van der Waals surface area contributed by atoms with Gasteiger partial charge in [0.15, 0.2) is 0 Å². The molecule has 0 aromatic heterocycles. The van der Waals surface area contributed by atoms with Crippen LogP contribution in [0.5, 0.6) is 0 Å². The van der Waals surface area contributed by atoms with E-state index >= 15 is 0 Å². The summed E-state index contributed by atoms with van der Waals surface area (Å²) in [6, 6.07) is 0. The summed E-state index contributed by atoms with van der Waals surface area (Å²) in [6.07, 6.45) is 8.38. The van der Waals surface area contributed by atoms with E-state index in [1.165, 1.54) is 25.7 Å². The predicted molar refractivity (Wildman–Crippen MR) is 49.8 cm³/mol. The van der Waals surface area contributed by atoms with Crippen molar-refractivity contribution in [2.45, 2.75) is 45.1 Å². The lowest BCUT2D eigenvalue weighted by Crippen LogP contribution is -2.08. The highest BCUT2D eigenvalue weighted by Crippen LogP contribution is 2.09. The van der Waals surface area contributed by atoms with Crippen molar-refractivity contribution in [3.63, 3.8) is 0 Å². The predicted octanol–water partition coefficient (Wildman–Crippen LogP) is 3.16. The van der Waals surface area contributed by atoms with Crippen LogP contribution in [0.1, 0.15) is 39.0 Å². The topological polar surface area (TPSA) is 9.23 Å². The smallest absolute Gasteiger partial charge is 0.0605 e. The van der Waals surface area contributed by atoms with Crippen molar-refractivity contribution in [1.82, 2.24) is 0 Å². The minimum Gasteiger partial charge on any atom is -0.381 e. The van der Waals surface area contributed by atoms with Crippen molar-refractivity contribution in [2.75, 3.05) is 7.11 Å². The first-order chi connectivity index (χ1) is 5.35. The van der Waals surface area contributed by atoms with E-state index in [4.69, 9.17) is 4.74 Å². The zero-order valence-electron chi connectivity index (χ0n) is 7.81. The van der Waals surface area contributed by atoms with Gasteiger partial charge in [-0.25, -0.2) is 0 Å². The minimum absolute atomic E-state index is 0.402. The molecule has 0 amide bonds. The average Bonchev–Trinajstić information content (AvgIpc) is 2.03. The van der Waals surface area contributed by atoms with Crippen LogP contribution in [-0.2, 0) is 4.74 Å². The van der Waals surface area contributed by atoms with Gasteiger partial charge in [-0.3, -0.25) is 0 Å². The maximum atomic E-state index is 5.27. The van der Waals surface area contributed by atoms with Gasteiger partial charge in [-0.2, -0.15) is 0 Å². The van der Waals surface area contributed by atoms with Gasteiger partial charge in [-0.1, -0.05) is 32.3 Å².